The van der Waals surface area contributed by atoms with Crippen LogP contribution in [0, 0.1) is 0 Å². The molecule has 94 valence electrons. The van der Waals surface area contributed by atoms with Crippen molar-refractivity contribution < 1.29 is 9.53 Å². The number of fused-ring (bicyclic) bond motifs is 1. The van der Waals surface area contributed by atoms with Gasteiger partial charge >= 0.3 is 5.97 Å². The molecule has 0 aliphatic rings. The van der Waals surface area contributed by atoms with E-state index in [1.807, 2.05) is 26.8 Å². The molecule has 4 nitrogen and oxygen atoms in total. The Kier molecular flexibility index (Phi) is 2.95. The molecule has 1 aromatic heterocycles. The SMILES string of the molecule is CC(C)(C)OC(=O)c1ccc(N)c2ncccc12. The van der Waals surface area contributed by atoms with Crippen LogP contribution >= 0.6 is 0 Å². The van der Waals surface area contributed by atoms with Gasteiger partial charge in [-0.25, -0.2) is 4.79 Å². The topological polar surface area (TPSA) is 65.2 Å². The van der Waals surface area contributed by atoms with E-state index >= 15 is 0 Å². The smallest absolute Gasteiger partial charge is 0.339 e. The van der Waals surface area contributed by atoms with Crippen molar-refractivity contribution in [2.45, 2.75) is 26.4 Å². The lowest BCUT2D eigenvalue weighted by Crippen LogP contribution is -2.24. The molecule has 0 saturated heterocycles. The van der Waals surface area contributed by atoms with E-state index < -0.39 is 5.60 Å². The Labute approximate surface area is 106 Å². The Bertz CT molecular complexity index is 600. The molecular formula is C14H16N2O2. The van der Waals surface area contributed by atoms with Gasteiger partial charge in [0.05, 0.1) is 16.8 Å². The second-order valence-electron chi connectivity index (χ2n) is 5.10. The van der Waals surface area contributed by atoms with Gasteiger partial charge in [0.1, 0.15) is 5.60 Å². The number of nitrogens with two attached hydrogens (primary N) is 1. The summed E-state index contributed by atoms with van der Waals surface area (Å²) in [6.07, 6.45) is 1.65. The van der Waals surface area contributed by atoms with Crippen molar-refractivity contribution in [2.75, 3.05) is 5.73 Å². The first-order valence-corrected chi connectivity index (χ1v) is 5.75. The van der Waals surface area contributed by atoms with E-state index in [0.717, 1.165) is 0 Å². The molecule has 0 fully saturated rings. The highest BCUT2D eigenvalue weighted by molar-refractivity contribution is 6.06. The van der Waals surface area contributed by atoms with Crippen LogP contribution in [0.4, 0.5) is 5.69 Å². The van der Waals surface area contributed by atoms with Crippen molar-refractivity contribution in [3.8, 4) is 0 Å². The van der Waals surface area contributed by atoms with Crippen LogP contribution in [0.1, 0.15) is 31.1 Å². The Balaban J connectivity index is 2.52. The number of carbonyl (C=O) groups is 1. The van der Waals surface area contributed by atoms with Gasteiger partial charge in [-0.2, -0.15) is 0 Å². The molecule has 1 heterocycles. The number of rotatable bonds is 1. The van der Waals surface area contributed by atoms with Gasteiger partial charge in [-0.05, 0) is 39.0 Å². The Morgan fingerprint density at radius 3 is 2.67 bits per heavy atom. The Morgan fingerprint density at radius 1 is 1.28 bits per heavy atom. The number of nitrogen functional groups attached to an aromatic ring is 1. The van der Waals surface area contributed by atoms with E-state index in [1.54, 1.807) is 24.4 Å². The average Bonchev–Trinajstić information content (AvgIpc) is 2.27. The normalized spacial score (nSPS) is 11.5. The standard InChI is InChI=1S/C14H16N2O2/c1-14(2,3)18-13(17)10-6-7-11(15)12-9(10)5-4-8-16-12/h4-8H,15H2,1-3H3. The molecule has 2 aromatic rings. The van der Waals surface area contributed by atoms with E-state index in [0.29, 0.717) is 22.2 Å². The van der Waals surface area contributed by atoms with Gasteiger partial charge in [-0.15, -0.1) is 0 Å². The van der Waals surface area contributed by atoms with Crippen LogP contribution in [0.3, 0.4) is 0 Å². The summed E-state index contributed by atoms with van der Waals surface area (Å²) in [6.45, 7) is 5.51. The molecule has 1 aromatic carbocycles. The summed E-state index contributed by atoms with van der Waals surface area (Å²) in [6, 6.07) is 6.94. The number of carbonyl (C=O) groups excluding carboxylic acids is 1. The van der Waals surface area contributed by atoms with Gasteiger partial charge in [-0.3, -0.25) is 4.98 Å². The highest BCUT2D eigenvalue weighted by atomic mass is 16.6. The van der Waals surface area contributed by atoms with Crippen molar-refractivity contribution >= 4 is 22.6 Å². The summed E-state index contributed by atoms with van der Waals surface area (Å²) >= 11 is 0. The third kappa shape index (κ3) is 2.42. The molecule has 0 aliphatic carbocycles. The molecular weight excluding hydrogens is 228 g/mol. The van der Waals surface area contributed by atoms with Crippen LogP contribution in [0.2, 0.25) is 0 Å². The van der Waals surface area contributed by atoms with E-state index in [1.165, 1.54) is 0 Å². The maximum atomic E-state index is 12.1. The summed E-state index contributed by atoms with van der Waals surface area (Å²) < 4.78 is 5.36. The summed E-state index contributed by atoms with van der Waals surface area (Å²) in [5.41, 5.74) is 6.98. The summed E-state index contributed by atoms with van der Waals surface area (Å²) in [5.74, 6) is -0.361. The number of esters is 1. The molecule has 0 amide bonds. The van der Waals surface area contributed by atoms with Gasteiger partial charge in [-0.1, -0.05) is 6.07 Å². The summed E-state index contributed by atoms with van der Waals surface area (Å²) in [5, 5.41) is 0.715. The monoisotopic (exact) mass is 244 g/mol. The molecule has 18 heavy (non-hydrogen) atoms. The fourth-order valence-electron chi connectivity index (χ4n) is 1.71. The maximum Gasteiger partial charge on any atom is 0.339 e. The molecule has 0 aliphatic heterocycles. The van der Waals surface area contributed by atoms with E-state index in [9.17, 15) is 4.79 Å². The number of anilines is 1. The van der Waals surface area contributed by atoms with Crippen molar-refractivity contribution in [3.63, 3.8) is 0 Å². The van der Waals surface area contributed by atoms with Crippen molar-refractivity contribution in [1.82, 2.24) is 4.98 Å². The first-order chi connectivity index (χ1) is 8.38. The molecule has 0 radical (unpaired) electrons. The van der Waals surface area contributed by atoms with Crippen molar-refractivity contribution in [2.24, 2.45) is 0 Å². The zero-order valence-electron chi connectivity index (χ0n) is 10.7. The molecule has 0 bridgehead atoms. The number of hydrogen-bond acceptors (Lipinski definition) is 4. The number of benzene rings is 1. The zero-order chi connectivity index (χ0) is 13.3. The first kappa shape index (κ1) is 12.4. The van der Waals surface area contributed by atoms with Crippen LogP contribution in [-0.2, 0) is 4.74 Å². The van der Waals surface area contributed by atoms with Gasteiger partial charge in [0.15, 0.2) is 0 Å². The zero-order valence-corrected chi connectivity index (χ0v) is 10.7. The van der Waals surface area contributed by atoms with Gasteiger partial charge in [0.25, 0.3) is 0 Å². The van der Waals surface area contributed by atoms with E-state index in [4.69, 9.17) is 10.5 Å². The maximum absolute atomic E-state index is 12.1. The molecule has 0 saturated carbocycles. The van der Waals surface area contributed by atoms with Crippen molar-refractivity contribution in [3.05, 3.63) is 36.0 Å². The molecule has 4 heteroatoms. The Morgan fingerprint density at radius 2 is 2.00 bits per heavy atom. The molecule has 0 unspecified atom stereocenters. The van der Waals surface area contributed by atoms with Crippen LogP contribution in [0.25, 0.3) is 10.9 Å². The van der Waals surface area contributed by atoms with Gasteiger partial charge < -0.3 is 10.5 Å². The second kappa shape index (κ2) is 4.29. The Hall–Kier alpha value is -2.10. The first-order valence-electron chi connectivity index (χ1n) is 5.75. The predicted octanol–water partition coefficient (Wildman–Crippen LogP) is 2.77. The third-order valence-corrected chi connectivity index (χ3v) is 2.42. The summed E-state index contributed by atoms with van der Waals surface area (Å²) in [4.78, 5) is 16.3. The van der Waals surface area contributed by atoms with Crippen LogP contribution in [-0.4, -0.2) is 16.6 Å². The lowest BCUT2D eigenvalue weighted by molar-refractivity contribution is 0.00719. The quantitative estimate of drug-likeness (QED) is 0.618. The van der Waals surface area contributed by atoms with Crippen LogP contribution in [0.5, 0.6) is 0 Å². The minimum absolute atomic E-state index is 0.361. The number of pyridine rings is 1. The minimum atomic E-state index is -0.521. The summed E-state index contributed by atoms with van der Waals surface area (Å²) in [7, 11) is 0. The van der Waals surface area contributed by atoms with Crippen molar-refractivity contribution in [1.29, 1.82) is 0 Å². The highest BCUT2D eigenvalue weighted by Crippen LogP contribution is 2.24. The largest absolute Gasteiger partial charge is 0.456 e. The fraction of sp³-hybridized carbons (Fsp3) is 0.286. The third-order valence-electron chi connectivity index (χ3n) is 2.42. The number of hydrogen-bond donors (Lipinski definition) is 1. The molecule has 0 atom stereocenters. The molecule has 0 spiro atoms. The lowest BCUT2D eigenvalue weighted by Gasteiger charge is -2.20. The lowest BCUT2D eigenvalue weighted by atomic mass is 10.1. The van der Waals surface area contributed by atoms with E-state index in [2.05, 4.69) is 4.98 Å². The second-order valence-corrected chi connectivity index (χ2v) is 5.10. The average molecular weight is 244 g/mol. The predicted molar refractivity (Wildman–Crippen MR) is 71.3 cm³/mol. The number of ether oxygens (including phenoxy) is 1. The van der Waals surface area contributed by atoms with Gasteiger partial charge in [0.2, 0.25) is 0 Å². The van der Waals surface area contributed by atoms with Crippen LogP contribution in [0.15, 0.2) is 30.5 Å². The molecule has 2 rings (SSSR count). The fourth-order valence-corrected chi connectivity index (χ4v) is 1.71. The number of aromatic nitrogens is 1. The number of nitrogens with zero attached hydrogens (tertiary/aromatic N) is 1. The van der Waals surface area contributed by atoms with E-state index in [-0.39, 0.29) is 5.97 Å². The van der Waals surface area contributed by atoms with Gasteiger partial charge in [0, 0.05) is 11.6 Å². The molecule has 2 N–H and O–H groups in total. The van der Waals surface area contributed by atoms with Crippen LogP contribution < -0.4 is 5.73 Å². The minimum Gasteiger partial charge on any atom is -0.456 e. The highest BCUT2D eigenvalue weighted by Gasteiger charge is 2.20.